The molecule has 2 aromatic carbocycles. The zero-order chi connectivity index (χ0) is 17.3. The molecule has 124 valence electrons. The van der Waals surface area contributed by atoms with Crippen molar-refractivity contribution in [3.05, 3.63) is 59.4 Å². The number of hydrogen-bond acceptors (Lipinski definition) is 3. The van der Waals surface area contributed by atoms with Gasteiger partial charge in [-0.2, -0.15) is 0 Å². The highest BCUT2D eigenvalue weighted by molar-refractivity contribution is 7.92. The molecule has 0 fully saturated rings. The predicted molar refractivity (Wildman–Crippen MR) is 92.4 cm³/mol. The van der Waals surface area contributed by atoms with Gasteiger partial charge in [-0.3, -0.25) is 9.52 Å². The molecule has 1 amide bonds. The maximum Gasteiger partial charge on any atom is 0.256 e. The second-order valence-corrected chi connectivity index (χ2v) is 7.34. The Bertz CT molecular complexity index is 935. The normalized spacial score (nSPS) is 15.2. The Morgan fingerprint density at radius 2 is 1.88 bits per heavy atom. The van der Waals surface area contributed by atoms with Crippen molar-refractivity contribution in [2.24, 2.45) is 0 Å². The van der Waals surface area contributed by atoms with Crippen LogP contribution in [0.2, 0.25) is 0 Å². The molecule has 1 aliphatic heterocycles. The van der Waals surface area contributed by atoms with E-state index in [1.54, 1.807) is 43.3 Å². The SMILES string of the molecule is CCS(=O)(=O)Nc1ccc2c(c1)C(=Cc1ccc(F)cc1)C(=O)N2. The van der Waals surface area contributed by atoms with E-state index >= 15 is 0 Å². The molecular formula is C17H15FN2O3S. The van der Waals surface area contributed by atoms with Crippen LogP contribution in [0.1, 0.15) is 18.1 Å². The molecule has 2 aromatic rings. The van der Waals surface area contributed by atoms with E-state index in [-0.39, 0.29) is 17.5 Å². The van der Waals surface area contributed by atoms with Crippen molar-refractivity contribution in [2.75, 3.05) is 15.8 Å². The third kappa shape index (κ3) is 3.30. The molecule has 3 rings (SSSR count). The van der Waals surface area contributed by atoms with Gasteiger partial charge in [-0.15, -0.1) is 0 Å². The van der Waals surface area contributed by atoms with Crippen LogP contribution in [0.15, 0.2) is 42.5 Å². The quantitative estimate of drug-likeness (QED) is 0.836. The van der Waals surface area contributed by atoms with E-state index in [1.807, 2.05) is 0 Å². The van der Waals surface area contributed by atoms with E-state index in [9.17, 15) is 17.6 Å². The summed E-state index contributed by atoms with van der Waals surface area (Å²) in [4.78, 5) is 12.2. The van der Waals surface area contributed by atoms with Crippen LogP contribution >= 0.6 is 0 Å². The first kappa shape index (κ1) is 16.2. The van der Waals surface area contributed by atoms with Gasteiger partial charge in [0.25, 0.3) is 5.91 Å². The largest absolute Gasteiger partial charge is 0.321 e. The Morgan fingerprint density at radius 3 is 2.54 bits per heavy atom. The van der Waals surface area contributed by atoms with Gasteiger partial charge >= 0.3 is 0 Å². The van der Waals surface area contributed by atoms with Crippen LogP contribution in [0.4, 0.5) is 15.8 Å². The molecule has 0 bridgehead atoms. The van der Waals surface area contributed by atoms with Crippen molar-refractivity contribution in [2.45, 2.75) is 6.92 Å². The van der Waals surface area contributed by atoms with E-state index in [0.717, 1.165) is 0 Å². The van der Waals surface area contributed by atoms with E-state index < -0.39 is 10.0 Å². The van der Waals surface area contributed by atoms with Crippen LogP contribution in [0.5, 0.6) is 0 Å². The summed E-state index contributed by atoms with van der Waals surface area (Å²) in [6, 6.07) is 10.6. The van der Waals surface area contributed by atoms with Gasteiger partial charge in [-0.1, -0.05) is 12.1 Å². The van der Waals surface area contributed by atoms with Gasteiger partial charge in [0.2, 0.25) is 10.0 Å². The lowest BCUT2D eigenvalue weighted by Gasteiger charge is -2.07. The molecule has 1 heterocycles. The lowest BCUT2D eigenvalue weighted by atomic mass is 10.0. The summed E-state index contributed by atoms with van der Waals surface area (Å²) in [7, 11) is -3.40. The Kier molecular flexibility index (Phi) is 4.11. The molecule has 0 saturated heterocycles. The third-order valence-electron chi connectivity index (χ3n) is 3.64. The molecular weight excluding hydrogens is 331 g/mol. The van der Waals surface area contributed by atoms with E-state index in [1.165, 1.54) is 12.1 Å². The fourth-order valence-corrected chi connectivity index (χ4v) is 3.00. The van der Waals surface area contributed by atoms with Crippen LogP contribution in [0, 0.1) is 5.82 Å². The first-order valence-corrected chi connectivity index (χ1v) is 8.97. The number of sulfonamides is 1. The highest BCUT2D eigenvalue weighted by Crippen LogP contribution is 2.35. The first-order valence-electron chi connectivity index (χ1n) is 7.31. The maximum atomic E-state index is 13.0. The van der Waals surface area contributed by atoms with Crippen molar-refractivity contribution in [1.29, 1.82) is 0 Å². The molecule has 2 N–H and O–H groups in total. The molecule has 0 radical (unpaired) electrons. The third-order valence-corrected chi connectivity index (χ3v) is 4.94. The fourth-order valence-electron chi connectivity index (χ4n) is 2.37. The van der Waals surface area contributed by atoms with Gasteiger partial charge < -0.3 is 5.32 Å². The zero-order valence-electron chi connectivity index (χ0n) is 12.8. The van der Waals surface area contributed by atoms with Crippen molar-refractivity contribution >= 4 is 39.0 Å². The molecule has 0 aliphatic carbocycles. The second-order valence-electron chi connectivity index (χ2n) is 5.33. The van der Waals surface area contributed by atoms with Gasteiger partial charge in [-0.05, 0) is 48.9 Å². The number of carbonyl (C=O) groups is 1. The molecule has 24 heavy (non-hydrogen) atoms. The zero-order valence-corrected chi connectivity index (χ0v) is 13.7. The van der Waals surface area contributed by atoms with Gasteiger partial charge in [-0.25, -0.2) is 12.8 Å². The first-order chi connectivity index (χ1) is 11.4. The van der Waals surface area contributed by atoms with Crippen LogP contribution in [0.25, 0.3) is 11.6 Å². The molecule has 0 unspecified atom stereocenters. The minimum atomic E-state index is -3.40. The Hall–Kier alpha value is -2.67. The number of fused-ring (bicyclic) bond motifs is 1. The summed E-state index contributed by atoms with van der Waals surface area (Å²) in [5, 5.41) is 2.72. The summed E-state index contributed by atoms with van der Waals surface area (Å²) >= 11 is 0. The Labute approximate surface area is 139 Å². The number of benzene rings is 2. The average Bonchev–Trinajstić information content (AvgIpc) is 2.85. The average molecular weight is 346 g/mol. The van der Waals surface area contributed by atoms with Gasteiger partial charge in [0.05, 0.1) is 5.75 Å². The summed E-state index contributed by atoms with van der Waals surface area (Å²) in [5.41, 5.74) is 2.66. The van der Waals surface area contributed by atoms with Crippen molar-refractivity contribution in [3.63, 3.8) is 0 Å². The van der Waals surface area contributed by atoms with E-state index in [4.69, 9.17) is 0 Å². The topological polar surface area (TPSA) is 75.3 Å². The number of amides is 1. The smallest absolute Gasteiger partial charge is 0.256 e. The number of hydrogen-bond donors (Lipinski definition) is 2. The minimum absolute atomic E-state index is 0.0421. The monoisotopic (exact) mass is 346 g/mol. The van der Waals surface area contributed by atoms with Crippen molar-refractivity contribution < 1.29 is 17.6 Å². The van der Waals surface area contributed by atoms with Gasteiger partial charge in [0.15, 0.2) is 0 Å². The maximum absolute atomic E-state index is 13.0. The summed E-state index contributed by atoms with van der Waals surface area (Å²) in [5.74, 6) is -0.686. The number of anilines is 2. The molecule has 1 aliphatic rings. The second kappa shape index (κ2) is 6.09. The van der Waals surface area contributed by atoms with Crippen LogP contribution in [-0.4, -0.2) is 20.1 Å². The van der Waals surface area contributed by atoms with Crippen molar-refractivity contribution in [3.8, 4) is 0 Å². The van der Waals surface area contributed by atoms with Gasteiger partial charge in [0, 0.05) is 22.5 Å². The van der Waals surface area contributed by atoms with E-state index in [0.29, 0.717) is 28.1 Å². The molecule has 0 atom stereocenters. The predicted octanol–water partition coefficient (Wildman–Crippen LogP) is 3.08. The summed E-state index contributed by atoms with van der Waals surface area (Å²) in [6.07, 6.45) is 1.64. The molecule has 0 saturated carbocycles. The highest BCUT2D eigenvalue weighted by atomic mass is 32.2. The molecule has 0 aromatic heterocycles. The minimum Gasteiger partial charge on any atom is -0.321 e. The molecule has 5 nitrogen and oxygen atoms in total. The summed E-state index contributed by atoms with van der Waals surface area (Å²) in [6.45, 7) is 1.54. The lowest BCUT2D eigenvalue weighted by Crippen LogP contribution is -2.14. The fraction of sp³-hybridized carbons (Fsp3) is 0.118. The number of carbonyl (C=O) groups excluding carboxylic acids is 1. The number of halogens is 1. The Balaban J connectivity index is 2.00. The van der Waals surface area contributed by atoms with Gasteiger partial charge in [0.1, 0.15) is 5.82 Å². The van der Waals surface area contributed by atoms with Crippen LogP contribution < -0.4 is 10.0 Å². The van der Waals surface area contributed by atoms with Crippen LogP contribution in [0.3, 0.4) is 0 Å². The number of rotatable bonds is 4. The molecule has 7 heteroatoms. The lowest BCUT2D eigenvalue weighted by molar-refractivity contribution is -0.110. The molecule has 0 spiro atoms. The number of nitrogens with one attached hydrogen (secondary N) is 2. The standard InChI is InChI=1S/C17H15FN2O3S/c1-2-24(22,23)20-13-7-8-16-14(10-13)15(17(21)19-16)9-11-3-5-12(18)6-4-11/h3-10,20H,2H2,1H3,(H,19,21). The Morgan fingerprint density at radius 1 is 1.17 bits per heavy atom. The van der Waals surface area contributed by atoms with E-state index in [2.05, 4.69) is 10.0 Å². The van der Waals surface area contributed by atoms with Crippen LogP contribution in [-0.2, 0) is 14.8 Å². The van der Waals surface area contributed by atoms with Crippen molar-refractivity contribution in [1.82, 2.24) is 0 Å². The highest BCUT2D eigenvalue weighted by Gasteiger charge is 2.24. The summed E-state index contributed by atoms with van der Waals surface area (Å²) < 4.78 is 38.8.